The summed E-state index contributed by atoms with van der Waals surface area (Å²) in [6.07, 6.45) is 4.36. The van der Waals surface area contributed by atoms with E-state index in [1.807, 2.05) is 0 Å². The molecule has 17 heavy (non-hydrogen) atoms. The van der Waals surface area contributed by atoms with Crippen LogP contribution in [0.15, 0.2) is 0 Å². The maximum atomic E-state index is 10.9. The van der Waals surface area contributed by atoms with Crippen LogP contribution in [-0.2, 0) is 0 Å². The predicted molar refractivity (Wildman–Crippen MR) is 76.5 cm³/mol. The molecule has 2 N–H and O–H groups in total. The van der Waals surface area contributed by atoms with Crippen LogP contribution in [-0.4, -0.2) is 51.4 Å². The molecule has 0 saturated carbocycles. The fourth-order valence-corrected chi connectivity index (χ4v) is 1.17. The molecule has 0 amide bonds. The van der Waals surface area contributed by atoms with Gasteiger partial charge in [-0.1, -0.05) is 51.1 Å². The Hall–Kier alpha value is 0.146. The van der Waals surface area contributed by atoms with Crippen molar-refractivity contribution in [3.8, 4) is 0 Å². The zero-order valence-electron chi connectivity index (χ0n) is 10.6. The summed E-state index contributed by atoms with van der Waals surface area (Å²) < 4.78 is 0. The van der Waals surface area contributed by atoms with Crippen LogP contribution in [0, 0.1) is 0 Å². The van der Waals surface area contributed by atoms with E-state index in [4.69, 9.17) is 5.11 Å². The Bertz CT molecular complexity index is 195. The van der Waals surface area contributed by atoms with Crippen molar-refractivity contribution in [2.24, 2.45) is 5.73 Å². The van der Waals surface area contributed by atoms with Crippen molar-refractivity contribution in [2.45, 2.75) is 39.5 Å². The number of unbranched alkanes of at least 4 members (excludes halogenated alkanes) is 2. The van der Waals surface area contributed by atoms with Crippen molar-refractivity contribution in [1.82, 2.24) is 4.90 Å². The van der Waals surface area contributed by atoms with Gasteiger partial charge in [-0.15, -0.1) is 0 Å². The molecule has 0 aromatic carbocycles. The molecule has 0 radical (unpaired) electrons. The second kappa shape index (κ2) is 16.1. The van der Waals surface area contributed by atoms with Gasteiger partial charge in [0.25, 0.3) is 0 Å². The molecule has 0 heterocycles. The van der Waals surface area contributed by atoms with Gasteiger partial charge in [0.1, 0.15) is 0 Å². The number of nitrogens with zero attached hydrogens (tertiary/aromatic N) is 1. The minimum atomic E-state index is -0.750. The summed E-state index contributed by atoms with van der Waals surface area (Å²) in [6, 6.07) is 0. The first kappa shape index (κ1) is 22.3. The van der Waals surface area contributed by atoms with Crippen LogP contribution in [0.3, 0.4) is 0 Å². The van der Waals surface area contributed by atoms with E-state index in [9.17, 15) is 5.11 Å². The molecule has 0 saturated heterocycles. The molecule has 7 heteroatoms. The minimum absolute atomic E-state index is 0. The van der Waals surface area contributed by atoms with E-state index in [-0.39, 0.29) is 28.2 Å². The SMILES string of the molecule is CCCCN(CCCC)C([O-])=S.NC([O-])=S.[Mg+2]. The molecule has 0 rings (SSSR count). The van der Waals surface area contributed by atoms with E-state index in [0.29, 0.717) is 0 Å². The monoisotopic (exact) mass is 288 g/mol. The van der Waals surface area contributed by atoms with Crippen molar-refractivity contribution in [3.63, 3.8) is 0 Å². The smallest absolute Gasteiger partial charge is 0.852 e. The van der Waals surface area contributed by atoms with Crippen LogP contribution in [0.2, 0.25) is 0 Å². The Labute approximate surface area is 131 Å². The van der Waals surface area contributed by atoms with Crippen molar-refractivity contribution >= 4 is 57.8 Å². The van der Waals surface area contributed by atoms with Gasteiger partial charge in [0.2, 0.25) is 0 Å². The van der Waals surface area contributed by atoms with E-state index in [1.54, 1.807) is 4.90 Å². The van der Waals surface area contributed by atoms with Crippen LogP contribution in [0.25, 0.3) is 0 Å². The molecule has 0 aliphatic rings. The Kier molecular flexibility index (Phi) is 21.2. The largest absolute Gasteiger partial charge is 2.00 e. The molecule has 0 aromatic rings. The summed E-state index contributed by atoms with van der Waals surface area (Å²) in [6.45, 7) is 5.90. The van der Waals surface area contributed by atoms with Crippen LogP contribution in [0.5, 0.6) is 0 Å². The molecule has 0 atom stereocenters. The van der Waals surface area contributed by atoms with E-state index in [1.165, 1.54) is 0 Å². The van der Waals surface area contributed by atoms with Crippen LogP contribution in [0.4, 0.5) is 0 Å². The first-order valence-corrected chi connectivity index (χ1v) is 6.19. The van der Waals surface area contributed by atoms with Gasteiger partial charge >= 0.3 is 23.1 Å². The van der Waals surface area contributed by atoms with Crippen molar-refractivity contribution in [2.75, 3.05) is 13.1 Å². The number of rotatable bonds is 6. The molecule has 0 aliphatic carbocycles. The standard InChI is InChI=1S/C9H19NOS.CH3NOS.Mg/c1-3-5-7-10(9(11)12)8-6-4-2;2-1(3)4;/h3-8H2,1-2H3,(H,11,12);(H3,2,3,4);/q;;+2/p-2. The van der Waals surface area contributed by atoms with Crippen LogP contribution >= 0.6 is 24.4 Å². The average molecular weight is 289 g/mol. The second-order valence-corrected chi connectivity index (χ2v) is 4.03. The molecule has 0 bridgehead atoms. The second-order valence-electron chi connectivity index (χ2n) is 3.28. The van der Waals surface area contributed by atoms with E-state index in [2.05, 4.69) is 44.0 Å². The van der Waals surface area contributed by atoms with Crippen LogP contribution < -0.4 is 15.9 Å². The van der Waals surface area contributed by atoms with Gasteiger partial charge in [-0.05, 0) is 12.8 Å². The van der Waals surface area contributed by atoms with Crippen molar-refractivity contribution in [3.05, 3.63) is 0 Å². The van der Waals surface area contributed by atoms with Gasteiger partial charge in [0, 0.05) is 23.4 Å². The number of nitrogens with two attached hydrogens (primary N) is 1. The average Bonchev–Trinajstić information content (AvgIpc) is 2.16. The Balaban J connectivity index is -0.000000340. The third kappa shape index (κ3) is 21.9. The van der Waals surface area contributed by atoms with Crippen molar-refractivity contribution < 1.29 is 10.2 Å². The third-order valence-electron chi connectivity index (χ3n) is 1.82. The third-order valence-corrected chi connectivity index (χ3v) is 2.08. The molecule has 96 valence electrons. The summed E-state index contributed by atoms with van der Waals surface area (Å²) in [5.41, 5.74) is 4.29. The maximum Gasteiger partial charge on any atom is 2.00 e. The fourth-order valence-electron chi connectivity index (χ4n) is 0.992. The molecular formula is C10H20MgN2O2S2. The minimum Gasteiger partial charge on any atom is -0.852 e. The van der Waals surface area contributed by atoms with Gasteiger partial charge in [-0.3, -0.25) is 0 Å². The quantitative estimate of drug-likeness (QED) is 0.536. The van der Waals surface area contributed by atoms with E-state index >= 15 is 0 Å². The molecule has 0 unspecified atom stereocenters. The number of thiocarbonyl (C=S) groups is 2. The zero-order valence-corrected chi connectivity index (χ0v) is 13.7. The van der Waals surface area contributed by atoms with E-state index in [0.717, 1.165) is 38.8 Å². The summed E-state index contributed by atoms with van der Waals surface area (Å²) in [5, 5.41) is 19.0. The molecule has 0 spiro atoms. The molecule has 4 nitrogen and oxygen atoms in total. The maximum absolute atomic E-state index is 10.9. The fraction of sp³-hybridized carbons (Fsp3) is 0.800. The first-order chi connectivity index (χ1) is 7.45. The summed E-state index contributed by atoms with van der Waals surface area (Å²) >= 11 is 8.37. The summed E-state index contributed by atoms with van der Waals surface area (Å²) in [5.74, 6) is 0. The Morgan fingerprint density at radius 1 is 1.06 bits per heavy atom. The van der Waals surface area contributed by atoms with E-state index < -0.39 is 5.17 Å². The predicted octanol–water partition coefficient (Wildman–Crippen LogP) is -0.257. The van der Waals surface area contributed by atoms with Crippen LogP contribution in [0.1, 0.15) is 39.5 Å². The van der Waals surface area contributed by atoms with Crippen molar-refractivity contribution in [1.29, 1.82) is 0 Å². The zero-order chi connectivity index (χ0) is 13.0. The molecular weight excluding hydrogens is 269 g/mol. The topological polar surface area (TPSA) is 75.4 Å². The van der Waals surface area contributed by atoms with Gasteiger partial charge in [-0.2, -0.15) is 0 Å². The molecule has 0 aromatic heterocycles. The first-order valence-electron chi connectivity index (χ1n) is 5.38. The number of hydrogen-bond acceptors (Lipinski definition) is 4. The molecule has 0 aliphatic heterocycles. The molecule has 0 fully saturated rings. The normalized spacial score (nSPS) is 8.35. The van der Waals surface area contributed by atoms with Gasteiger partial charge in [0.05, 0.1) is 0 Å². The summed E-state index contributed by atoms with van der Waals surface area (Å²) in [4.78, 5) is 1.77. The van der Waals surface area contributed by atoms with Gasteiger partial charge in [-0.25, -0.2) is 0 Å². The Morgan fingerprint density at radius 2 is 1.35 bits per heavy atom. The number of hydrogen-bond donors (Lipinski definition) is 1. The summed E-state index contributed by atoms with van der Waals surface area (Å²) in [7, 11) is 0. The van der Waals surface area contributed by atoms with Gasteiger partial charge in [0.15, 0.2) is 0 Å². The van der Waals surface area contributed by atoms with Gasteiger partial charge < -0.3 is 20.8 Å². The Morgan fingerprint density at radius 3 is 1.53 bits per heavy atom.